The van der Waals surface area contributed by atoms with Gasteiger partial charge in [-0.05, 0) is 55.0 Å². The van der Waals surface area contributed by atoms with Crippen molar-refractivity contribution in [1.82, 2.24) is 9.97 Å². The van der Waals surface area contributed by atoms with Crippen LogP contribution >= 0.6 is 11.3 Å². The Morgan fingerprint density at radius 1 is 1.06 bits per heavy atom. The van der Waals surface area contributed by atoms with Gasteiger partial charge in [-0.2, -0.15) is 0 Å². The van der Waals surface area contributed by atoms with Crippen molar-refractivity contribution in [1.29, 1.82) is 0 Å². The molecule has 2 aromatic carbocycles. The van der Waals surface area contributed by atoms with Gasteiger partial charge in [0.15, 0.2) is 16.6 Å². The first-order chi connectivity index (χ1) is 15.6. The van der Waals surface area contributed by atoms with Crippen LogP contribution in [0.15, 0.2) is 60.7 Å². The minimum Gasteiger partial charge on any atom is -0.454 e. The van der Waals surface area contributed by atoms with Gasteiger partial charge in [-0.15, -0.1) is 0 Å². The van der Waals surface area contributed by atoms with Gasteiger partial charge >= 0.3 is 0 Å². The molecule has 0 fully saturated rings. The number of amides is 1. The first kappa shape index (κ1) is 20.0. The molecular weight excluding hydrogens is 424 g/mol. The maximum Gasteiger partial charge on any atom is 0.248 e. The summed E-state index contributed by atoms with van der Waals surface area (Å²) in [6.45, 7) is 2.70. The lowest BCUT2D eigenvalue weighted by atomic mass is 10.1. The van der Waals surface area contributed by atoms with Crippen LogP contribution in [0.2, 0.25) is 0 Å². The second kappa shape index (κ2) is 8.32. The number of thiazole rings is 1. The standard InChI is InChI=1S/C24H20N4O3S/c1-14-4-2-7-18(27-14)22-21(16-8-9-19-20(11-16)31-13-30-19)28-24(32-22)26-12-15-5-3-6-17(10-15)23(25)29/h2-11H,12-13H2,1H3,(H2,25,29)(H,26,28). The third kappa shape index (κ3) is 4.00. The summed E-state index contributed by atoms with van der Waals surface area (Å²) in [5, 5.41) is 4.12. The molecule has 4 aromatic rings. The number of carbonyl (C=O) groups excluding carboxylic acids is 1. The summed E-state index contributed by atoms with van der Waals surface area (Å²) < 4.78 is 11.0. The van der Waals surface area contributed by atoms with E-state index in [4.69, 9.17) is 25.2 Å². The number of primary amides is 1. The lowest BCUT2D eigenvalue weighted by molar-refractivity contribution is 0.1000. The number of aryl methyl sites for hydroxylation is 1. The van der Waals surface area contributed by atoms with Crippen molar-refractivity contribution in [3.8, 4) is 33.3 Å². The van der Waals surface area contributed by atoms with Gasteiger partial charge in [0.1, 0.15) is 0 Å². The first-order valence-electron chi connectivity index (χ1n) is 10.0. The summed E-state index contributed by atoms with van der Waals surface area (Å²) in [4.78, 5) is 22.0. The average molecular weight is 445 g/mol. The Kier molecular flexibility index (Phi) is 5.20. The third-order valence-electron chi connectivity index (χ3n) is 5.05. The molecule has 32 heavy (non-hydrogen) atoms. The summed E-state index contributed by atoms with van der Waals surface area (Å²) in [6.07, 6.45) is 0. The average Bonchev–Trinajstić information content (AvgIpc) is 3.44. The summed E-state index contributed by atoms with van der Waals surface area (Å²) in [7, 11) is 0. The highest BCUT2D eigenvalue weighted by molar-refractivity contribution is 7.19. The molecule has 0 saturated heterocycles. The van der Waals surface area contributed by atoms with E-state index in [1.807, 2.05) is 55.5 Å². The molecule has 8 heteroatoms. The zero-order valence-corrected chi connectivity index (χ0v) is 18.1. The molecule has 1 aliphatic heterocycles. The van der Waals surface area contributed by atoms with E-state index in [1.54, 1.807) is 12.1 Å². The van der Waals surface area contributed by atoms with Gasteiger partial charge in [-0.1, -0.05) is 29.5 Å². The first-order valence-corrected chi connectivity index (χ1v) is 10.9. The Morgan fingerprint density at radius 3 is 2.75 bits per heavy atom. The fourth-order valence-electron chi connectivity index (χ4n) is 3.49. The third-order valence-corrected chi connectivity index (χ3v) is 6.08. The Bertz CT molecular complexity index is 1320. The normalized spacial score (nSPS) is 12.0. The number of hydrogen-bond donors (Lipinski definition) is 2. The van der Waals surface area contributed by atoms with Gasteiger partial charge in [-0.25, -0.2) is 4.98 Å². The zero-order chi connectivity index (χ0) is 22.1. The number of nitrogens with zero attached hydrogens (tertiary/aromatic N) is 2. The molecule has 5 rings (SSSR count). The second-order valence-corrected chi connectivity index (χ2v) is 8.35. The van der Waals surface area contributed by atoms with Crippen molar-refractivity contribution in [2.24, 2.45) is 5.73 Å². The number of carbonyl (C=O) groups is 1. The molecule has 1 amide bonds. The van der Waals surface area contributed by atoms with Gasteiger partial charge in [0.05, 0.1) is 16.3 Å². The van der Waals surface area contributed by atoms with E-state index >= 15 is 0 Å². The molecule has 0 bridgehead atoms. The van der Waals surface area contributed by atoms with Gasteiger partial charge in [-0.3, -0.25) is 9.78 Å². The molecule has 0 saturated carbocycles. The zero-order valence-electron chi connectivity index (χ0n) is 17.3. The fraction of sp³-hybridized carbons (Fsp3) is 0.125. The molecule has 3 heterocycles. The number of fused-ring (bicyclic) bond motifs is 1. The van der Waals surface area contributed by atoms with Crippen molar-refractivity contribution >= 4 is 22.4 Å². The highest BCUT2D eigenvalue weighted by Gasteiger charge is 2.20. The Morgan fingerprint density at radius 2 is 1.91 bits per heavy atom. The van der Waals surface area contributed by atoms with Crippen molar-refractivity contribution in [3.05, 3.63) is 77.5 Å². The molecule has 7 nitrogen and oxygen atoms in total. The van der Waals surface area contributed by atoms with Gasteiger partial charge in [0.25, 0.3) is 0 Å². The summed E-state index contributed by atoms with van der Waals surface area (Å²) in [5.74, 6) is 0.988. The molecule has 0 spiro atoms. The number of aromatic nitrogens is 2. The molecule has 1 aliphatic rings. The van der Waals surface area contributed by atoms with Crippen molar-refractivity contribution < 1.29 is 14.3 Å². The molecule has 0 unspecified atom stereocenters. The van der Waals surface area contributed by atoms with Crippen LogP contribution in [0, 0.1) is 6.92 Å². The highest BCUT2D eigenvalue weighted by Crippen LogP contribution is 2.42. The number of benzene rings is 2. The lowest BCUT2D eigenvalue weighted by Crippen LogP contribution is -2.11. The van der Waals surface area contributed by atoms with E-state index in [1.165, 1.54) is 11.3 Å². The summed E-state index contributed by atoms with van der Waals surface area (Å²) in [6, 6.07) is 19.0. The van der Waals surface area contributed by atoms with Crippen LogP contribution in [0.1, 0.15) is 21.6 Å². The van der Waals surface area contributed by atoms with Gasteiger partial charge in [0, 0.05) is 23.4 Å². The maximum absolute atomic E-state index is 11.5. The van der Waals surface area contributed by atoms with Crippen LogP contribution in [0.5, 0.6) is 11.5 Å². The summed E-state index contributed by atoms with van der Waals surface area (Å²) >= 11 is 1.53. The predicted molar refractivity (Wildman–Crippen MR) is 124 cm³/mol. The van der Waals surface area contributed by atoms with Crippen LogP contribution < -0.4 is 20.5 Å². The van der Waals surface area contributed by atoms with E-state index in [0.29, 0.717) is 17.9 Å². The molecule has 0 radical (unpaired) electrons. The largest absolute Gasteiger partial charge is 0.454 e. The number of ether oxygens (including phenoxy) is 2. The molecule has 0 aliphatic carbocycles. The quantitative estimate of drug-likeness (QED) is 0.450. The second-order valence-electron chi connectivity index (χ2n) is 7.35. The summed E-state index contributed by atoms with van der Waals surface area (Å²) in [5.41, 5.74) is 10.4. The fourth-order valence-corrected chi connectivity index (χ4v) is 4.44. The molecule has 160 valence electrons. The minimum absolute atomic E-state index is 0.222. The van der Waals surface area contributed by atoms with Crippen molar-refractivity contribution in [2.45, 2.75) is 13.5 Å². The van der Waals surface area contributed by atoms with Crippen LogP contribution in [-0.2, 0) is 6.54 Å². The van der Waals surface area contributed by atoms with E-state index in [9.17, 15) is 4.79 Å². The molecular formula is C24H20N4O3S. The van der Waals surface area contributed by atoms with Crippen LogP contribution in [0.25, 0.3) is 21.8 Å². The number of pyridine rings is 1. The predicted octanol–water partition coefficient (Wildman–Crippen LogP) is 4.62. The van der Waals surface area contributed by atoms with Crippen LogP contribution in [0.3, 0.4) is 0 Å². The molecule has 0 atom stereocenters. The van der Waals surface area contributed by atoms with Gasteiger partial charge in [0.2, 0.25) is 12.7 Å². The maximum atomic E-state index is 11.5. The minimum atomic E-state index is -0.445. The Hall–Kier alpha value is -3.91. The monoisotopic (exact) mass is 444 g/mol. The molecule has 3 N–H and O–H groups in total. The molecule has 2 aromatic heterocycles. The number of nitrogens with one attached hydrogen (secondary N) is 1. The lowest BCUT2D eigenvalue weighted by Gasteiger charge is -2.04. The van der Waals surface area contributed by atoms with E-state index in [0.717, 1.165) is 44.0 Å². The van der Waals surface area contributed by atoms with E-state index in [-0.39, 0.29) is 6.79 Å². The van der Waals surface area contributed by atoms with Crippen LogP contribution in [-0.4, -0.2) is 22.7 Å². The number of nitrogens with two attached hydrogens (primary N) is 1. The van der Waals surface area contributed by atoms with Crippen LogP contribution in [0.4, 0.5) is 5.13 Å². The smallest absolute Gasteiger partial charge is 0.248 e. The van der Waals surface area contributed by atoms with Crippen molar-refractivity contribution in [3.63, 3.8) is 0 Å². The van der Waals surface area contributed by atoms with Gasteiger partial charge < -0.3 is 20.5 Å². The SMILES string of the molecule is Cc1cccc(-c2sc(NCc3cccc(C(N)=O)c3)nc2-c2ccc3c(c2)OCO3)n1. The number of rotatable bonds is 6. The Labute approximate surface area is 188 Å². The highest BCUT2D eigenvalue weighted by atomic mass is 32.1. The number of anilines is 1. The van der Waals surface area contributed by atoms with E-state index in [2.05, 4.69) is 5.32 Å². The van der Waals surface area contributed by atoms with Crippen molar-refractivity contribution in [2.75, 3.05) is 12.1 Å². The Balaban J connectivity index is 1.50. The van der Waals surface area contributed by atoms with E-state index < -0.39 is 5.91 Å². The topological polar surface area (TPSA) is 99.4 Å². The number of hydrogen-bond acceptors (Lipinski definition) is 7.